The summed E-state index contributed by atoms with van der Waals surface area (Å²) < 4.78 is 13.1. The van der Waals surface area contributed by atoms with Gasteiger partial charge in [-0.15, -0.1) is 0 Å². The summed E-state index contributed by atoms with van der Waals surface area (Å²) in [5.74, 6) is 0.227. The molecule has 0 radical (unpaired) electrons. The molecule has 0 fully saturated rings. The number of halogens is 1. The molecule has 2 nitrogen and oxygen atoms in total. The number of benzene rings is 1. The lowest BCUT2D eigenvalue weighted by Crippen LogP contribution is -2.38. The minimum Gasteiger partial charge on any atom is -0.395 e. The fourth-order valence-electron chi connectivity index (χ4n) is 2.07. The van der Waals surface area contributed by atoms with E-state index in [0.717, 1.165) is 12.1 Å². The van der Waals surface area contributed by atoms with Crippen LogP contribution in [-0.2, 0) is 6.54 Å². The number of nitrogens with zero attached hydrogens (tertiary/aromatic N) is 1. The van der Waals surface area contributed by atoms with E-state index in [9.17, 15) is 9.50 Å². The van der Waals surface area contributed by atoms with Crippen molar-refractivity contribution in [2.45, 2.75) is 33.4 Å². The topological polar surface area (TPSA) is 23.5 Å². The van der Waals surface area contributed by atoms with Crippen molar-refractivity contribution in [3.05, 3.63) is 35.1 Å². The average molecular weight is 239 g/mol. The molecule has 1 N–H and O–H groups in total. The van der Waals surface area contributed by atoms with Crippen molar-refractivity contribution in [3.63, 3.8) is 0 Å². The Morgan fingerprint density at radius 3 is 2.47 bits per heavy atom. The van der Waals surface area contributed by atoms with Gasteiger partial charge in [-0.25, -0.2) is 4.39 Å². The zero-order chi connectivity index (χ0) is 13.0. The Kier molecular flexibility index (Phi) is 5.09. The number of aryl methyl sites for hydroxylation is 1. The maximum atomic E-state index is 13.1. The van der Waals surface area contributed by atoms with Crippen LogP contribution in [0.4, 0.5) is 4.39 Å². The number of aliphatic hydroxyl groups is 1. The van der Waals surface area contributed by atoms with Crippen LogP contribution in [0.25, 0.3) is 0 Å². The number of hydrogen-bond donors (Lipinski definition) is 1. The molecule has 1 rings (SSSR count). The molecule has 0 spiro atoms. The number of rotatable bonds is 5. The third kappa shape index (κ3) is 3.79. The van der Waals surface area contributed by atoms with Gasteiger partial charge in [0.25, 0.3) is 0 Å². The Hall–Kier alpha value is -0.930. The molecule has 17 heavy (non-hydrogen) atoms. The van der Waals surface area contributed by atoms with Gasteiger partial charge in [0, 0.05) is 12.6 Å². The summed E-state index contributed by atoms with van der Waals surface area (Å²) in [5, 5.41) is 9.34. The molecule has 1 aromatic rings. The molecule has 0 saturated carbocycles. The van der Waals surface area contributed by atoms with Gasteiger partial charge >= 0.3 is 0 Å². The minimum absolute atomic E-state index is 0.139. The van der Waals surface area contributed by atoms with Gasteiger partial charge in [-0.2, -0.15) is 0 Å². The van der Waals surface area contributed by atoms with Gasteiger partial charge in [0.15, 0.2) is 0 Å². The van der Waals surface area contributed by atoms with Crippen molar-refractivity contribution in [2.24, 2.45) is 5.92 Å². The largest absolute Gasteiger partial charge is 0.395 e. The zero-order valence-electron chi connectivity index (χ0n) is 11.1. The molecule has 0 bridgehead atoms. The van der Waals surface area contributed by atoms with E-state index in [1.54, 1.807) is 13.0 Å². The summed E-state index contributed by atoms with van der Waals surface area (Å²) in [5.41, 5.74) is 1.74. The van der Waals surface area contributed by atoms with Gasteiger partial charge in [-0.1, -0.05) is 26.0 Å². The van der Waals surface area contributed by atoms with Gasteiger partial charge < -0.3 is 5.11 Å². The Morgan fingerprint density at radius 1 is 1.35 bits per heavy atom. The van der Waals surface area contributed by atoms with Gasteiger partial charge in [-0.05, 0) is 37.1 Å². The first-order chi connectivity index (χ1) is 7.95. The molecule has 3 heteroatoms. The number of hydrogen-bond acceptors (Lipinski definition) is 2. The Balaban J connectivity index is 2.73. The van der Waals surface area contributed by atoms with Gasteiger partial charge in [0.05, 0.1) is 6.61 Å². The zero-order valence-corrected chi connectivity index (χ0v) is 11.1. The lowest BCUT2D eigenvalue weighted by Gasteiger charge is -2.29. The molecule has 0 heterocycles. The molecule has 96 valence electrons. The van der Waals surface area contributed by atoms with E-state index < -0.39 is 0 Å². The van der Waals surface area contributed by atoms with E-state index in [2.05, 4.69) is 18.7 Å². The fraction of sp³-hybridized carbons (Fsp3) is 0.571. The normalized spacial score (nSPS) is 13.4. The maximum absolute atomic E-state index is 13.1. The minimum atomic E-state index is -0.168. The monoisotopic (exact) mass is 239 g/mol. The van der Waals surface area contributed by atoms with Crippen LogP contribution in [0, 0.1) is 18.7 Å². The fourth-order valence-corrected chi connectivity index (χ4v) is 2.07. The Bertz CT molecular complexity index is 365. The first kappa shape index (κ1) is 14.1. The lowest BCUT2D eigenvalue weighted by molar-refractivity contribution is 0.108. The lowest BCUT2D eigenvalue weighted by atomic mass is 10.0. The molecular formula is C14H22FNO. The Labute approximate surface area is 103 Å². The summed E-state index contributed by atoms with van der Waals surface area (Å²) in [6.07, 6.45) is 0. The first-order valence-corrected chi connectivity index (χ1v) is 6.01. The molecule has 0 aliphatic carbocycles. The van der Waals surface area contributed by atoms with Gasteiger partial charge in [-0.3, -0.25) is 4.90 Å². The second-order valence-corrected chi connectivity index (χ2v) is 4.99. The molecule has 0 aromatic heterocycles. The quantitative estimate of drug-likeness (QED) is 0.853. The van der Waals surface area contributed by atoms with Crippen molar-refractivity contribution < 1.29 is 9.50 Å². The first-order valence-electron chi connectivity index (χ1n) is 6.01. The van der Waals surface area contributed by atoms with Crippen molar-refractivity contribution in [2.75, 3.05) is 13.7 Å². The van der Waals surface area contributed by atoms with Crippen LogP contribution < -0.4 is 0 Å². The third-order valence-electron chi connectivity index (χ3n) is 3.18. The van der Waals surface area contributed by atoms with E-state index in [-0.39, 0.29) is 18.5 Å². The molecule has 1 aromatic carbocycles. The van der Waals surface area contributed by atoms with E-state index >= 15 is 0 Å². The predicted molar refractivity (Wildman–Crippen MR) is 68.3 cm³/mol. The van der Waals surface area contributed by atoms with Crippen molar-refractivity contribution >= 4 is 0 Å². The highest BCUT2D eigenvalue weighted by Crippen LogP contribution is 2.15. The summed E-state index contributed by atoms with van der Waals surface area (Å²) >= 11 is 0. The van der Waals surface area contributed by atoms with Crippen LogP contribution in [0.15, 0.2) is 18.2 Å². The van der Waals surface area contributed by atoms with Gasteiger partial charge in [0.2, 0.25) is 0 Å². The molecule has 1 atom stereocenters. The highest BCUT2D eigenvalue weighted by Gasteiger charge is 2.17. The van der Waals surface area contributed by atoms with Crippen LogP contribution in [0.3, 0.4) is 0 Å². The SMILES string of the molecule is Cc1cc(CN(C)C(CO)C(C)C)ccc1F. The van der Waals surface area contributed by atoms with Gasteiger partial charge in [0.1, 0.15) is 5.82 Å². The maximum Gasteiger partial charge on any atom is 0.126 e. The number of aliphatic hydroxyl groups excluding tert-OH is 1. The van der Waals surface area contributed by atoms with Crippen molar-refractivity contribution in [1.82, 2.24) is 4.90 Å². The van der Waals surface area contributed by atoms with Crippen LogP contribution in [0.5, 0.6) is 0 Å². The molecule has 1 unspecified atom stereocenters. The van der Waals surface area contributed by atoms with E-state index in [0.29, 0.717) is 11.5 Å². The van der Waals surface area contributed by atoms with Crippen LogP contribution in [0.2, 0.25) is 0 Å². The highest BCUT2D eigenvalue weighted by atomic mass is 19.1. The van der Waals surface area contributed by atoms with Crippen LogP contribution >= 0.6 is 0 Å². The van der Waals surface area contributed by atoms with Crippen LogP contribution in [0.1, 0.15) is 25.0 Å². The van der Waals surface area contributed by atoms with Crippen molar-refractivity contribution in [3.8, 4) is 0 Å². The third-order valence-corrected chi connectivity index (χ3v) is 3.18. The van der Waals surface area contributed by atoms with Crippen LogP contribution in [-0.4, -0.2) is 29.7 Å². The highest BCUT2D eigenvalue weighted by molar-refractivity contribution is 5.23. The molecule has 0 amide bonds. The molecule has 0 aliphatic rings. The van der Waals surface area contributed by atoms with Crippen molar-refractivity contribution in [1.29, 1.82) is 0 Å². The average Bonchev–Trinajstić information content (AvgIpc) is 2.24. The summed E-state index contributed by atoms with van der Waals surface area (Å²) in [6.45, 7) is 6.82. The van der Waals surface area contributed by atoms with E-state index in [1.165, 1.54) is 6.07 Å². The molecular weight excluding hydrogens is 217 g/mol. The Morgan fingerprint density at radius 2 is 2.00 bits per heavy atom. The van der Waals surface area contributed by atoms with E-state index in [4.69, 9.17) is 0 Å². The molecule has 0 aliphatic heterocycles. The number of likely N-dealkylation sites (N-methyl/N-ethyl adjacent to an activating group) is 1. The second-order valence-electron chi connectivity index (χ2n) is 4.99. The summed E-state index contributed by atoms with van der Waals surface area (Å²) in [6, 6.07) is 5.30. The molecule has 0 saturated heterocycles. The summed E-state index contributed by atoms with van der Waals surface area (Å²) in [4.78, 5) is 2.11. The standard InChI is InChI=1S/C14H22FNO/c1-10(2)14(9-17)16(4)8-12-5-6-13(15)11(3)7-12/h5-7,10,14,17H,8-9H2,1-4H3. The second kappa shape index (κ2) is 6.12. The van der Waals surface area contributed by atoms with E-state index in [1.807, 2.05) is 13.1 Å². The smallest absolute Gasteiger partial charge is 0.126 e. The summed E-state index contributed by atoms with van der Waals surface area (Å²) in [7, 11) is 1.99. The predicted octanol–water partition coefficient (Wildman–Crippen LogP) is 2.58.